The van der Waals surface area contributed by atoms with Crippen LogP contribution in [0.15, 0.2) is 36.4 Å². The molecule has 0 amide bonds. The minimum Gasteiger partial charge on any atom is -0.395 e. The van der Waals surface area contributed by atoms with Gasteiger partial charge in [0.25, 0.3) is 0 Å². The van der Waals surface area contributed by atoms with E-state index in [-0.39, 0.29) is 23.6 Å². The predicted octanol–water partition coefficient (Wildman–Crippen LogP) is 3.90. The lowest BCUT2D eigenvalue weighted by Gasteiger charge is -2.08. The molecule has 110 valence electrons. The molecule has 1 aliphatic heterocycles. The summed E-state index contributed by atoms with van der Waals surface area (Å²) in [6, 6.07) is 7.35. The minimum atomic E-state index is -3.68. The molecule has 1 N–H and O–H groups in total. The van der Waals surface area contributed by atoms with Crippen LogP contribution in [0, 0.1) is 11.6 Å². The molecule has 3 rings (SSSR count). The van der Waals surface area contributed by atoms with E-state index < -0.39 is 17.9 Å². The summed E-state index contributed by atoms with van der Waals surface area (Å²) in [6.45, 7) is 0.0716. The van der Waals surface area contributed by atoms with E-state index in [2.05, 4.69) is 14.8 Å². The summed E-state index contributed by atoms with van der Waals surface area (Å²) < 4.78 is 60.5. The van der Waals surface area contributed by atoms with Gasteiger partial charge in [0.15, 0.2) is 11.5 Å². The third-order valence-corrected chi connectivity index (χ3v) is 2.90. The summed E-state index contributed by atoms with van der Waals surface area (Å²) in [6.07, 6.45) is -3.68. The van der Waals surface area contributed by atoms with Crippen LogP contribution in [-0.2, 0) is 6.54 Å². The van der Waals surface area contributed by atoms with Gasteiger partial charge in [-0.15, -0.1) is 8.78 Å². The molecule has 0 atom stereocenters. The molecule has 21 heavy (non-hydrogen) atoms. The molecule has 0 spiro atoms. The number of nitrogens with one attached hydrogen (secondary N) is 1. The topological polar surface area (TPSA) is 30.5 Å². The number of alkyl halides is 2. The average Bonchev–Trinajstić information content (AvgIpc) is 2.70. The highest BCUT2D eigenvalue weighted by molar-refractivity contribution is 5.56. The second-order valence-corrected chi connectivity index (χ2v) is 4.42. The molecule has 0 aromatic heterocycles. The Bertz CT molecular complexity index is 691. The SMILES string of the molecule is Fc1ccc(CNc2ccc3c(c2)OC(F)(F)O3)c(F)c1. The monoisotopic (exact) mass is 299 g/mol. The van der Waals surface area contributed by atoms with Gasteiger partial charge in [0.05, 0.1) is 0 Å². The number of benzene rings is 2. The van der Waals surface area contributed by atoms with Gasteiger partial charge in [-0.3, -0.25) is 0 Å². The van der Waals surface area contributed by atoms with Crippen LogP contribution >= 0.6 is 0 Å². The fourth-order valence-electron chi connectivity index (χ4n) is 1.92. The van der Waals surface area contributed by atoms with Crippen LogP contribution in [-0.4, -0.2) is 6.29 Å². The lowest BCUT2D eigenvalue weighted by molar-refractivity contribution is -0.286. The fourth-order valence-corrected chi connectivity index (χ4v) is 1.92. The molecule has 1 aliphatic rings. The summed E-state index contributed by atoms with van der Waals surface area (Å²) in [7, 11) is 0. The van der Waals surface area contributed by atoms with Crippen molar-refractivity contribution in [3.05, 3.63) is 53.6 Å². The van der Waals surface area contributed by atoms with Gasteiger partial charge in [-0.1, -0.05) is 6.07 Å². The molecular weight excluding hydrogens is 290 g/mol. The van der Waals surface area contributed by atoms with Crippen LogP contribution in [0.1, 0.15) is 5.56 Å². The number of fused-ring (bicyclic) bond motifs is 1. The summed E-state index contributed by atoms with van der Waals surface area (Å²) >= 11 is 0. The Balaban J connectivity index is 1.72. The second-order valence-electron chi connectivity index (χ2n) is 4.42. The van der Waals surface area contributed by atoms with Crippen molar-refractivity contribution in [1.29, 1.82) is 0 Å². The molecule has 0 bridgehead atoms. The Morgan fingerprint density at radius 1 is 0.952 bits per heavy atom. The predicted molar refractivity (Wildman–Crippen MR) is 66.3 cm³/mol. The standard InChI is InChI=1S/C14H9F4NO2/c15-9-2-1-8(11(16)5-9)7-19-10-3-4-12-13(6-10)21-14(17,18)20-12/h1-6,19H,7H2. The van der Waals surface area contributed by atoms with Crippen LogP contribution in [0.25, 0.3) is 0 Å². The molecule has 2 aromatic carbocycles. The maximum Gasteiger partial charge on any atom is 0.586 e. The van der Waals surface area contributed by atoms with Crippen LogP contribution in [0.2, 0.25) is 0 Å². The zero-order chi connectivity index (χ0) is 15.0. The highest BCUT2D eigenvalue weighted by atomic mass is 19.3. The zero-order valence-electron chi connectivity index (χ0n) is 10.5. The fraction of sp³-hybridized carbons (Fsp3) is 0.143. The Labute approximate surface area is 117 Å². The lowest BCUT2D eigenvalue weighted by atomic mass is 10.2. The minimum absolute atomic E-state index is 0.0708. The molecule has 1 heterocycles. The molecule has 0 saturated heterocycles. The maximum absolute atomic E-state index is 13.5. The van der Waals surface area contributed by atoms with Crippen LogP contribution < -0.4 is 14.8 Å². The Hall–Kier alpha value is -2.44. The lowest BCUT2D eigenvalue weighted by Crippen LogP contribution is -2.25. The Morgan fingerprint density at radius 2 is 1.71 bits per heavy atom. The molecule has 0 radical (unpaired) electrons. The normalized spacial score (nSPS) is 15.0. The highest BCUT2D eigenvalue weighted by Gasteiger charge is 2.43. The van der Waals surface area contributed by atoms with Crippen molar-refractivity contribution >= 4 is 5.69 Å². The smallest absolute Gasteiger partial charge is 0.395 e. The molecule has 2 aromatic rings. The van der Waals surface area contributed by atoms with Crippen LogP contribution in [0.5, 0.6) is 11.5 Å². The van der Waals surface area contributed by atoms with E-state index in [9.17, 15) is 17.6 Å². The number of rotatable bonds is 3. The summed E-state index contributed by atoms with van der Waals surface area (Å²) in [5.74, 6) is -1.53. The van der Waals surface area contributed by atoms with Crippen molar-refractivity contribution in [2.75, 3.05) is 5.32 Å². The van der Waals surface area contributed by atoms with Gasteiger partial charge in [0.2, 0.25) is 0 Å². The third kappa shape index (κ3) is 2.86. The molecule has 3 nitrogen and oxygen atoms in total. The number of ether oxygens (including phenoxy) is 2. The van der Waals surface area contributed by atoms with E-state index in [1.807, 2.05) is 0 Å². The molecule has 0 aliphatic carbocycles. The number of hydrogen-bond acceptors (Lipinski definition) is 3. The van der Waals surface area contributed by atoms with Gasteiger partial charge >= 0.3 is 6.29 Å². The van der Waals surface area contributed by atoms with Gasteiger partial charge in [-0.25, -0.2) is 8.78 Å². The van der Waals surface area contributed by atoms with Crippen LogP contribution in [0.3, 0.4) is 0 Å². The molecule has 7 heteroatoms. The molecule has 0 saturated carbocycles. The summed E-state index contributed by atoms with van der Waals surface area (Å²) in [4.78, 5) is 0. The van der Waals surface area contributed by atoms with Gasteiger partial charge in [0.1, 0.15) is 11.6 Å². The number of halogens is 4. The number of hydrogen-bond donors (Lipinski definition) is 1. The van der Waals surface area contributed by atoms with Crippen molar-refractivity contribution in [1.82, 2.24) is 0 Å². The molecular formula is C14H9F4NO2. The van der Waals surface area contributed by atoms with E-state index >= 15 is 0 Å². The second kappa shape index (κ2) is 4.83. The average molecular weight is 299 g/mol. The largest absolute Gasteiger partial charge is 0.586 e. The van der Waals surface area contributed by atoms with E-state index in [0.29, 0.717) is 5.69 Å². The first kappa shape index (κ1) is 13.5. The van der Waals surface area contributed by atoms with E-state index in [0.717, 1.165) is 12.1 Å². The van der Waals surface area contributed by atoms with E-state index in [4.69, 9.17) is 0 Å². The van der Waals surface area contributed by atoms with Gasteiger partial charge in [0, 0.05) is 29.9 Å². The van der Waals surface area contributed by atoms with Gasteiger partial charge < -0.3 is 14.8 Å². The van der Waals surface area contributed by atoms with E-state index in [1.165, 1.54) is 24.3 Å². The summed E-state index contributed by atoms with van der Waals surface area (Å²) in [5.41, 5.74) is 0.693. The van der Waals surface area contributed by atoms with Crippen molar-refractivity contribution < 1.29 is 27.0 Å². The van der Waals surface area contributed by atoms with Crippen molar-refractivity contribution in [3.63, 3.8) is 0 Å². The molecule has 0 unspecified atom stereocenters. The van der Waals surface area contributed by atoms with Crippen molar-refractivity contribution in [2.24, 2.45) is 0 Å². The summed E-state index contributed by atoms with van der Waals surface area (Å²) in [5, 5.41) is 2.84. The maximum atomic E-state index is 13.5. The number of anilines is 1. The molecule has 0 fully saturated rings. The third-order valence-electron chi connectivity index (χ3n) is 2.90. The highest BCUT2D eigenvalue weighted by Crippen LogP contribution is 2.42. The Kier molecular flexibility index (Phi) is 3.12. The van der Waals surface area contributed by atoms with Crippen molar-refractivity contribution in [2.45, 2.75) is 12.8 Å². The Morgan fingerprint density at radius 3 is 2.48 bits per heavy atom. The first-order valence-electron chi connectivity index (χ1n) is 6.01. The quantitative estimate of drug-likeness (QED) is 0.872. The zero-order valence-corrected chi connectivity index (χ0v) is 10.5. The van der Waals surface area contributed by atoms with Crippen molar-refractivity contribution in [3.8, 4) is 11.5 Å². The first-order chi connectivity index (χ1) is 9.93. The van der Waals surface area contributed by atoms with E-state index in [1.54, 1.807) is 0 Å². The first-order valence-corrected chi connectivity index (χ1v) is 6.01. The van der Waals surface area contributed by atoms with Gasteiger partial charge in [-0.2, -0.15) is 0 Å². The van der Waals surface area contributed by atoms with Crippen LogP contribution in [0.4, 0.5) is 23.2 Å². The van der Waals surface area contributed by atoms with Gasteiger partial charge in [-0.05, 0) is 18.2 Å².